The summed E-state index contributed by atoms with van der Waals surface area (Å²) in [5.74, 6) is -1.76. The first-order valence-corrected chi connectivity index (χ1v) is 16.4. The summed E-state index contributed by atoms with van der Waals surface area (Å²) in [5.41, 5.74) is 14.3. The zero-order valence-electron chi connectivity index (χ0n) is 25.8. The van der Waals surface area contributed by atoms with Gasteiger partial charge in [-0.3, -0.25) is 9.59 Å². The predicted octanol–water partition coefficient (Wildman–Crippen LogP) is 7.59. The van der Waals surface area contributed by atoms with Crippen LogP contribution in [0.15, 0.2) is 24.3 Å². The number of carboxylic acid groups (broad SMARTS) is 2. The van der Waals surface area contributed by atoms with Gasteiger partial charge in [-0.2, -0.15) is 0 Å². The van der Waals surface area contributed by atoms with Crippen LogP contribution in [0.4, 0.5) is 0 Å². The van der Waals surface area contributed by atoms with E-state index in [9.17, 15) is 19.8 Å². The number of carbonyl (C=O) groups is 2. The van der Waals surface area contributed by atoms with Crippen molar-refractivity contribution >= 4 is 66.3 Å². The van der Waals surface area contributed by atoms with Crippen LogP contribution in [-0.4, -0.2) is 32.1 Å². The van der Waals surface area contributed by atoms with Crippen LogP contribution in [0.2, 0.25) is 0 Å². The molecule has 5 heterocycles. The number of aryl methyl sites for hydroxylation is 4. The summed E-state index contributed by atoms with van der Waals surface area (Å²) in [7, 11) is 4.51. The molecule has 3 aromatic rings. The monoisotopic (exact) mass is 651 g/mol. The number of aromatic nitrogens is 4. The number of nitrogens with zero attached hydrogens (tertiary/aromatic N) is 4. The van der Waals surface area contributed by atoms with Gasteiger partial charge in [-0.15, -0.1) is 22.1 Å². The van der Waals surface area contributed by atoms with Crippen molar-refractivity contribution in [2.24, 2.45) is 0 Å². The average molecular weight is 652 g/mol. The molecule has 0 aliphatic carbocycles. The van der Waals surface area contributed by atoms with E-state index in [1.54, 1.807) is 0 Å². The maximum absolute atomic E-state index is 11.5. The van der Waals surface area contributed by atoms with Crippen molar-refractivity contribution in [1.82, 2.24) is 19.9 Å². The summed E-state index contributed by atoms with van der Waals surface area (Å²) < 4.78 is 0. The minimum atomic E-state index is -0.878. The third kappa shape index (κ3) is 6.56. The molecule has 2 N–H and O–H groups in total. The molecule has 3 aromatic heterocycles. The van der Waals surface area contributed by atoms with Gasteiger partial charge in [0, 0.05) is 12.8 Å². The van der Waals surface area contributed by atoms with Crippen molar-refractivity contribution in [2.45, 2.75) is 80.1 Å². The Labute approximate surface area is 270 Å². The quantitative estimate of drug-likeness (QED) is 0.255. The van der Waals surface area contributed by atoms with Gasteiger partial charge in [-0.25, -0.2) is 9.97 Å². The Morgan fingerprint density at radius 2 is 1.09 bits per heavy atom. The van der Waals surface area contributed by atoms with Gasteiger partial charge in [0.2, 0.25) is 0 Å². The van der Waals surface area contributed by atoms with E-state index < -0.39 is 11.9 Å². The number of hydrogen-bond acceptors (Lipinski definition) is 4. The van der Waals surface area contributed by atoms with E-state index >= 15 is 0 Å². The van der Waals surface area contributed by atoms with Crippen molar-refractivity contribution in [3.8, 4) is 0 Å². The molecule has 0 amide bonds. The summed E-state index contributed by atoms with van der Waals surface area (Å²) >= 11 is 2.10. The van der Waals surface area contributed by atoms with Crippen molar-refractivity contribution in [3.63, 3.8) is 0 Å². The summed E-state index contributed by atoms with van der Waals surface area (Å²) in [4.78, 5) is 43.1. The second-order valence-corrected chi connectivity index (χ2v) is 11.0. The van der Waals surface area contributed by atoms with Gasteiger partial charge >= 0.3 is 37.4 Å². The second-order valence-electron chi connectivity index (χ2n) is 11.0. The van der Waals surface area contributed by atoms with Crippen LogP contribution in [0.3, 0.4) is 0 Å². The zero-order chi connectivity index (χ0) is 32.3. The van der Waals surface area contributed by atoms with E-state index in [0.29, 0.717) is 24.1 Å². The van der Waals surface area contributed by atoms with Crippen LogP contribution in [0.1, 0.15) is 98.4 Å². The number of rotatable bonds is 8. The third-order valence-corrected chi connectivity index (χ3v) is 8.53. The molecule has 0 fully saturated rings. The fraction of sp³-hybridized carbons (Fsp3) is 0.353. The molecule has 2 aliphatic rings. The molecule has 0 saturated heterocycles. The first kappa shape index (κ1) is 33.3. The Morgan fingerprint density at radius 1 is 0.659 bits per heavy atom. The molecule has 10 heteroatoms. The SMILES string of the molecule is CCC1=C(C)c2cc3[n-]c(cc4nc(cc5[n-]c(cc1n2)c(C)c5CCC(=O)O)C(CCC(=O)O)=C4C)c(C)c3CC.[Cl][Cr+2]. The molecule has 8 bridgehead atoms. The van der Waals surface area contributed by atoms with Crippen LogP contribution >= 0.6 is 10.0 Å². The Hall–Kier alpha value is -3.64. The molecule has 8 nitrogen and oxygen atoms in total. The van der Waals surface area contributed by atoms with E-state index in [4.69, 9.17) is 19.9 Å². The number of hydrogen-bond donors (Lipinski definition) is 2. The number of carboxylic acids is 2. The summed E-state index contributed by atoms with van der Waals surface area (Å²) in [5, 5.41) is 18.9. The topological polar surface area (TPSA) is 129 Å². The van der Waals surface area contributed by atoms with Gasteiger partial charge in [0.1, 0.15) is 0 Å². The molecule has 0 radical (unpaired) electrons. The summed E-state index contributed by atoms with van der Waals surface area (Å²) in [6.07, 6.45) is 2.23. The Bertz CT molecular complexity index is 1870. The third-order valence-electron chi connectivity index (χ3n) is 8.53. The molecule has 0 atom stereocenters. The zero-order valence-corrected chi connectivity index (χ0v) is 27.9. The molecule has 5 rings (SSSR count). The van der Waals surface area contributed by atoms with Crippen molar-refractivity contribution < 1.29 is 35.2 Å². The minimum absolute atomic E-state index is 0.0258. The van der Waals surface area contributed by atoms with E-state index in [1.807, 2.05) is 32.0 Å². The first-order chi connectivity index (χ1) is 21.0. The fourth-order valence-electron chi connectivity index (χ4n) is 6.06. The fourth-order valence-corrected chi connectivity index (χ4v) is 6.06. The van der Waals surface area contributed by atoms with E-state index in [2.05, 4.69) is 59.2 Å². The normalized spacial score (nSPS) is 12.8. The molecule has 229 valence electrons. The van der Waals surface area contributed by atoms with Crippen molar-refractivity contribution in [1.29, 1.82) is 0 Å². The standard InChI is InChI=1S/C34H38N4O4.ClH.Cr/c1-7-21-17(3)25-13-26-19(5)23(9-11-33(39)40)31(37-26)16-32-24(10-12-34(41)42)20(6)28(38-32)15-30-22(8-2)18(4)27(36-30)14-29(21)35-25;;/h13-16H,7-12H2,1-6H3,(H4,35,36,37,38,39,40,41,42);1H;/q;;+3/p-3. The number of fused-ring (bicyclic) bond motifs is 8. The molecule has 0 unspecified atom stereocenters. The van der Waals surface area contributed by atoms with Crippen LogP contribution in [-0.2, 0) is 37.8 Å². The van der Waals surface area contributed by atoms with Crippen molar-refractivity contribution in [3.05, 3.63) is 69.3 Å². The number of aliphatic carboxylic acids is 2. The van der Waals surface area contributed by atoms with Crippen molar-refractivity contribution in [2.75, 3.05) is 0 Å². The molecule has 0 saturated carbocycles. The molecule has 44 heavy (non-hydrogen) atoms. The van der Waals surface area contributed by atoms with Crippen LogP contribution in [0.25, 0.3) is 44.4 Å². The number of halogens is 1. The Morgan fingerprint density at radius 3 is 1.64 bits per heavy atom. The Kier molecular flexibility index (Phi) is 10.6. The van der Waals surface area contributed by atoms with Gasteiger partial charge in [0.05, 0.1) is 22.8 Å². The van der Waals surface area contributed by atoms with Gasteiger partial charge in [0.25, 0.3) is 0 Å². The van der Waals surface area contributed by atoms with E-state index in [-0.39, 0.29) is 12.8 Å². The molecular formula is C34H36ClCrN4O4. The maximum atomic E-state index is 11.5. The molecule has 0 spiro atoms. The van der Waals surface area contributed by atoms with E-state index in [0.717, 1.165) is 85.5 Å². The number of allylic oxidation sites excluding steroid dienone is 4. The van der Waals surface area contributed by atoms with Gasteiger partial charge < -0.3 is 20.2 Å². The van der Waals surface area contributed by atoms with Gasteiger partial charge in [-0.1, -0.05) is 60.4 Å². The van der Waals surface area contributed by atoms with Crippen LogP contribution < -0.4 is 9.97 Å². The second kappa shape index (κ2) is 14.0. The summed E-state index contributed by atoms with van der Waals surface area (Å²) in [6, 6.07) is 7.93. The summed E-state index contributed by atoms with van der Waals surface area (Å²) in [6.45, 7) is 12.3. The molecule has 0 aromatic carbocycles. The van der Waals surface area contributed by atoms with E-state index in [1.165, 1.54) is 5.56 Å². The predicted molar refractivity (Wildman–Crippen MR) is 172 cm³/mol. The first-order valence-electron chi connectivity index (χ1n) is 14.6. The van der Waals surface area contributed by atoms with Crippen LogP contribution in [0.5, 0.6) is 0 Å². The average Bonchev–Trinajstić information content (AvgIpc) is 3.64. The van der Waals surface area contributed by atoms with Gasteiger partial charge in [-0.05, 0) is 75.7 Å². The Balaban J connectivity index is 0.00000216. The van der Waals surface area contributed by atoms with Crippen LogP contribution in [0, 0.1) is 13.8 Å². The van der Waals surface area contributed by atoms with Gasteiger partial charge in [0.15, 0.2) is 0 Å². The molecular weight excluding hydrogens is 616 g/mol. The molecule has 2 aliphatic heterocycles.